The molecule has 4 amide bonds. The van der Waals surface area contributed by atoms with Gasteiger partial charge in [-0.2, -0.15) is 0 Å². The van der Waals surface area contributed by atoms with Crippen molar-refractivity contribution in [1.82, 2.24) is 15.8 Å². The van der Waals surface area contributed by atoms with E-state index in [1.54, 1.807) is 30.3 Å². The molecule has 2 aliphatic heterocycles. The first-order valence-electron chi connectivity index (χ1n) is 10.2. The van der Waals surface area contributed by atoms with Gasteiger partial charge in [0.1, 0.15) is 6.61 Å². The van der Waals surface area contributed by atoms with Crippen LogP contribution in [0.5, 0.6) is 11.5 Å². The SMILES string of the molecule is Cc1cccc(C=C2SC(=O)N(CCC(=O)NNC(=O)C3COc4ccccc4O3)C2=O)c1. The highest BCUT2D eigenvalue weighted by atomic mass is 32.2. The number of amides is 4. The molecule has 10 heteroatoms. The van der Waals surface area contributed by atoms with Crippen LogP contribution in [-0.4, -0.2) is 47.1 Å². The number of nitrogens with one attached hydrogen (secondary N) is 2. The Bertz CT molecular complexity index is 1150. The predicted octanol–water partition coefficient (Wildman–Crippen LogP) is 2.41. The molecule has 2 heterocycles. The zero-order valence-corrected chi connectivity index (χ0v) is 18.5. The van der Waals surface area contributed by atoms with Crippen LogP contribution in [0.15, 0.2) is 53.4 Å². The normalized spacial score (nSPS) is 18.4. The summed E-state index contributed by atoms with van der Waals surface area (Å²) < 4.78 is 11.0. The average Bonchev–Trinajstić information content (AvgIpc) is 3.07. The smallest absolute Gasteiger partial charge is 0.293 e. The topological polar surface area (TPSA) is 114 Å². The van der Waals surface area contributed by atoms with Crippen LogP contribution in [0.1, 0.15) is 17.5 Å². The van der Waals surface area contributed by atoms with Crippen LogP contribution in [-0.2, 0) is 14.4 Å². The fraction of sp³-hybridized carbons (Fsp3) is 0.217. The molecule has 0 aliphatic carbocycles. The number of carbonyl (C=O) groups is 4. The van der Waals surface area contributed by atoms with Crippen LogP contribution in [0.3, 0.4) is 0 Å². The molecule has 2 aliphatic rings. The molecule has 1 saturated heterocycles. The van der Waals surface area contributed by atoms with E-state index < -0.39 is 29.1 Å². The second-order valence-corrected chi connectivity index (χ2v) is 8.39. The van der Waals surface area contributed by atoms with E-state index in [2.05, 4.69) is 10.9 Å². The molecular weight excluding hydrogens is 446 g/mol. The van der Waals surface area contributed by atoms with Crippen LogP contribution in [0.2, 0.25) is 0 Å². The maximum atomic E-state index is 12.6. The molecule has 0 saturated carbocycles. The van der Waals surface area contributed by atoms with Crippen LogP contribution in [0, 0.1) is 6.92 Å². The van der Waals surface area contributed by atoms with Gasteiger partial charge in [-0.25, -0.2) is 0 Å². The Morgan fingerprint density at radius 1 is 1.12 bits per heavy atom. The maximum absolute atomic E-state index is 12.6. The van der Waals surface area contributed by atoms with E-state index in [4.69, 9.17) is 9.47 Å². The van der Waals surface area contributed by atoms with Gasteiger partial charge in [0.2, 0.25) is 12.0 Å². The van der Waals surface area contributed by atoms with Gasteiger partial charge >= 0.3 is 0 Å². The fourth-order valence-corrected chi connectivity index (χ4v) is 4.11. The highest BCUT2D eigenvalue weighted by Crippen LogP contribution is 2.32. The minimum Gasteiger partial charge on any atom is -0.485 e. The van der Waals surface area contributed by atoms with Crippen molar-refractivity contribution in [1.29, 1.82) is 0 Å². The number of thioether (sulfide) groups is 1. The molecule has 0 spiro atoms. The van der Waals surface area contributed by atoms with Gasteiger partial charge in [-0.3, -0.25) is 34.9 Å². The number of fused-ring (bicyclic) bond motifs is 1. The third-order valence-electron chi connectivity index (χ3n) is 4.90. The van der Waals surface area contributed by atoms with Crippen molar-refractivity contribution in [3.05, 3.63) is 64.6 Å². The minimum atomic E-state index is -0.923. The van der Waals surface area contributed by atoms with Crippen molar-refractivity contribution in [2.75, 3.05) is 13.2 Å². The lowest BCUT2D eigenvalue weighted by atomic mass is 10.1. The number of benzene rings is 2. The summed E-state index contributed by atoms with van der Waals surface area (Å²) in [6.45, 7) is 1.84. The average molecular weight is 468 g/mol. The Hall–Kier alpha value is -3.79. The number of hydrogen-bond donors (Lipinski definition) is 2. The molecule has 2 N–H and O–H groups in total. The summed E-state index contributed by atoms with van der Waals surface area (Å²) in [6.07, 6.45) is 0.566. The number of hydrazine groups is 1. The monoisotopic (exact) mass is 467 g/mol. The van der Waals surface area contributed by atoms with Crippen LogP contribution < -0.4 is 20.3 Å². The van der Waals surface area contributed by atoms with Gasteiger partial charge in [0.25, 0.3) is 17.1 Å². The first-order valence-corrected chi connectivity index (χ1v) is 11.0. The van der Waals surface area contributed by atoms with Gasteiger partial charge in [0, 0.05) is 13.0 Å². The van der Waals surface area contributed by atoms with Crippen LogP contribution >= 0.6 is 11.8 Å². The Balaban J connectivity index is 1.25. The second kappa shape index (κ2) is 9.78. The third-order valence-corrected chi connectivity index (χ3v) is 5.81. The number of nitrogens with zero attached hydrogens (tertiary/aromatic N) is 1. The molecule has 1 fully saturated rings. The molecule has 170 valence electrons. The summed E-state index contributed by atoms with van der Waals surface area (Å²) in [5, 5.41) is -0.442. The Morgan fingerprint density at radius 2 is 1.91 bits per heavy atom. The lowest BCUT2D eigenvalue weighted by Crippen LogP contribution is -2.51. The van der Waals surface area contributed by atoms with Gasteiger partial charge in [0.15, 0.2) is 11.5 Å². The summed E-state index contributed by atoms with van der Waals surface area (Å²) in [5.74, 6) is -0.602. The van der Waals surface area contributed by atoms with Gasteiger partial charge in [-0.05, 0) is 42.5 Å². The summed E-state index contributed by atoms with van der Waals surface area (Å²) in [6, 6.07) is 14.5. The van der Waals surface area contributed by atoms with E-state index in [1.165, 1.54) is 0 Å². The van der Waals surface area contributed by atoms with Crippen molar-refractivity contribution >= 4 is 40.8 Å². The first-order chi connectivity index (χ1) is 15.9. The van der Waals surface area contributed by atoms with E-state index in [0.717, 1.165) is 27.8 Å². The zero-order valence-electron chi connectivity index (χ0n) is 17.7. The number of ether oxygens (including phenoxy) is 2. The lowest BCUT2D eigenvalue weighted by molar-refractivity contribution is -0.135. The molecule has 0 aromatic heterocycles. The lowest BCUT2D eigenvalue weighted by Gasteiger charge is -2.25. The highest BCUT2D eigenvalue weighted by Gasteiger charge is 2.35. The quantitative estimate of drug-likeness (QED) is 0.513. The molecule has 2 aromatic rings. The van der Waals surface area contributed by atoms with Crippen molar-refractivity contribution < 1.29 is 28.7 Å². The van der Waals surface area contributed by atoms with Gasteiger partial charge in [0.05, 0.1) is 4.91 Å². The summed E-state index contributed by atoms with van der Waals surface area (Å²) in [5.41, 5.74) is 6.40. The maximum Gasteiger partial charge on any atom is 0.293 e. The van der Waals surface area contributed by atoms with E-state index in [0.29, 0.717) is 16.4 Å². The molecule has 2 aromatic carbocycles. The van der Waals surface area contributed by atoms with E-state index in [1.807, 2.05) is 31.2 Å². The number of hydrogen-bond acceptors (Lipinski definition) is 7. The minimum absolute atomic E-state index is 0.00275. The fourth-order valence-electron chi connectivity index (χ4n) is 3.24. The van der Waals surface area contributed by atoms with Crippen molar-refractivity contribution in [2.24, 2.45) is 0 Å². The Morgan fingerprint density at radius 3 is 2.70 bits per heavy atom. The van der Waals surface area contributed by atoms with E-state index in [9.17, 15) is 19.2 Å². The van der Waals surface area contributed by atoms with Gasteiger partial charge in [-0.1, -0.05) is 42.0 Å². The van der Waals surface area contributed by atoms with Crippen molar-refractivity contribution in [3.63, 3.8) is 0 Å². The number of para-hydroxylation sites is 2. The van der Waals surface area contributed by atoms with Crippen LogP contribution in [0.4, 0.5) is 4.79 Å². The molecular formula is C23H21N3O6S. The molecule has 0 radical (unpaired) electrons. The summed E-state index contributed by atoms with van der Waals surface area (Å²) in [4.78, 5) is 50.5. The first kappa shape index (κ1) is 22.4. The Kier molecular flexibility index (Phi) is 6.64. The van der Waals surface area contributed by atoms with Crippen molar-refractivity contribution in [2.45, 2.75) is 19.4 Å². The number of rotatable bonds is 5. The number of carbonyl (C=O) groups excluding carboxylic acids is 4. The third kappa shape index (κ3) is 5.35. The van der Waals surface area contributed by atoms with E-state index >= 15 is 0 Å². The standard InChI is InChI=1S/C23H21N3O6S/c1-14-5-4-6-15(11-14)12-19-22(29)26(23(30)33-19)10-9-20(27)24-25-21(28)18-13-31-16-7-2-3-8-17(16)32-18/h2-8,11-12,18H,9-10,13H2,1H3,(H,24,27)(H,25,28). The molecule has 9 nitrogen and oxygen atoms in total. The second-order valence-electron chi connectivity index (χ2n) is 7.40. The molecule has 1 unspecified atom stereocenters. The molecule has 4 rings (SSSR count). The largest absolute Gasteiger partial charge is 0.485 e. The molecule has 1 atom stereocenters. The zero-order chi connectivity index (χ0) is 23.4. The van der Waals surface area contributed by atoms with Gasteiger partial charge in [-0.15, -0.1) is 0 Å². The van der Waals surface area contributed by atoms with Gasteiger partial charge < -0.3 is 9.47 Å². The molecule has 33 heavy (non-hydrogen) atoms. The number of aryl methyl sites for hydroxylation is 1. The highest BCUT2D eigenvalue weighted by molar-refractivity contribution is 8.18. The number of imide groups is 1. The van der Waals surface area contributed by atoms with Crippen LogP contribution in [0.25, 0.3) is 6.08 Å². The molecule has 0 bridgehead atoms. The van der Waals surface area contributed by atoms with E-state index in [-0.39, 0.29) is 19.6 Å². The predicted molar refractivity (Wildman–Crippen MR) is 121 cm³/mol. The Labute approximate surface area is 194 Å². The van der Waals surface area contributed by atoms with Crippen molar-refractivity contribution in [3.8, 4) is 11.5 Å². The summed E-state index contributed by atoms with van der Waals surface area (Å²) >= 11 is 0.832. The summed E-state index contributed by atoms with van der Waals surface area (Å²) in [7, 11) is 0.